The Morgan fingerprint density at radius 3 is 2.91 bits per heavy atom. The summed E-state index contributed by atoms with van der Waals surface area (Å²) in [6.07, 6.45) is 2.31. The average molecular weight is 339 g/mol. The summed E-state index contributed by atoms with van der Waals surface area (Å²) in [7, 11) is 2.12. The van der Waals surface area contributed by atoms with E-state index in [1.807, 2.05) is 19.1 Å². The van der Waals surface area contributed by atoms with Crippen LogP contribution in [0, 0.1) is 6.92 Å². The third-order valence-electron chi connectivity index (χ3n) is 4.04. The highest BCUT2D eigenvalue weighted by molar-refractivity contribution is 7.10. The molecule has 0 amide bonds. The summed E-state index contributed by atoms with van der Waals surface area (Å²) in [5.74, 6) is 0.956. The molecule has 1 unspecified atom stereocenters. The van der Waals surface area contributed by atoms with Crippen molar-refractivity contribution in [3.05, 3.63) is 27.9 Å². The van der Waals surface area contributed by atoms with Gasteiger partial charge >= 0.3 is 0 Å². The normalized spacial score (nSPS) is 18.9. The van der Waals surface area contributed by atoms with Gasteiger partial charge in [0.05, 0.1) is 5.69 Å². The average Bonchev–Trinajstić information content (AvgIpc) is 2.93. The number of anilines is 1. The first kappa shape index (κ1) is 15.6. The fourth-order valence-corrected chi connectivity index (χ4v) is 3.35. The second-order valence-electron chi connectivity index (χ2n) is 5.68. The second kappa shape index (κ2) is 6.85. The molecule has 118 valence electrons. The largest absolute Gasteiger partial charge is 0.354 e. The smallest absolute Gasteiger partial charge is 0.151 e. The van der Waals surface area contributed by atoms with Gasteiger partial charge < -0.3 is 4.90 Å². The highest BCUT2D eigenvalue weighted by Gasteiger charge is 2.25. The zero-order chi connectivity index (χ0) is 15.5. The number of hydrogen-bond acceptors (Lipinski definition) is 7. The van der Waals surface area contributed by atoms with Gasteiger partial charge in [0, 0.05) is 37.2 Å². The molecule has 3 heterocycles. The van der Waals surface area contributed by atoms with Crippen LogP contribution in [0.15, 0.2) is 12.1 Å². The Labute approximate surface area is 139 Å². The summed E-state index contributed by atoms with van der Waals surface area (Å²) in [6, 6.07) is 4.51. The van der Waals surface area contributed by atoms with Crippen LogP contribution in [0.4, 0.5) is 5.82 Å². The molecule has 0 spiro atoms. The number of nitrogens with zero attached hydrogens (tertiary/aromatic N) is 6. The Hall–Kier alpha value is -1.31. The van der Waals surface area contributed by atoms with Crippen molar-refractivity contribution in [2.45, 2.75) is 32.4 Å². The van der Waals surface area contributed by atoms with Crippen LogP contribution in [0.1, 0.15) is 24.2 Å². The molecular formula is C14H19ClN6S. The number of rotatable bonds is 4. The first-order chi connectivity index (χ1) is 10.6. The first-order valence-electron chi connectivity index (χ1n) is 7.35. The van der Waals surface area contributed by atoms with Gasteiger partial charge in [-0.15, -0.1) is 10.2 Å². The van der Waals surface area contributed by atoms with Gasteiger partial charge in [-0.3, -0.25) is 4.90 Å². The standard InChI is InChI=1S/C14H19ClN6S/c1-10-5-6-13(18-16-10)21-7-3-4-11(8-21)20(2)9-12-14(15)22-19-17-12/h5-6,11H,3-4,7-9H2,1-2H3. The monoisotopic (exact) mass is 338 g/mol. The molecule has 8 heteroatoms. The third kappa shape index (κ3) is 3.53. The number of aromatic nitrogens is 4. The topological polar surface area (TPSA) is 58.0 Å². The van der Waals surface area contributed by atoms with Gasteiger partial charge in [-0.05, 0) is 38.9 Å². The molecule has 6 nitrogen and oxygen atoms in total. The van der Waals surface area contributed by atoms with Gasteiger partial charge in [0.1, 0.15) is 10.0 Å². The first-order valence-corrected chi connectivity index (χ1v) is 8.51. The van der Waals surface area contributed by atoms with E-state index in [0.717, 1.165) is 43.3 Å². The van der Waals surface area contributed by atoms with E-state index in [0.29, 0.717) is 10.4 Å². The number of halogens is 1. The molecule has 1 aliphatic heterocycles. The van der Waals surface area contributed by atoms with E-state index in [2.05, 4.69) is 36.6 Å². The number of piperidine rings is 1. The highest BCUT2D eigenvalue weighted by Crippen LogP contribution is 2.23. The maximum atomic E-state index is 6.10. The number of hydrogen-bond donors (Lipinski definition) is 0. The molecule has 1 atom stereocenters. The van der Waals surface area contributed by atoms with Crippen LogP contribution in [0.25, 0.3) is 0 Å². The fourth-order valence-electron chi connectivity index (χ4n) is 2.74. The zero-order valence-corrected chi connectivity index (χ0v) is 14.3. The summed E-state index contributed by atoms with van der Waals surface area (Å²) in [5, 5.41) is 12.6. The maximum Gasteiger partial charge on any atom is 0.151 e. The Morgan fingerprint density at radius 2 is 2.23 bits per heavy atom. The van der Waals surface area contributed by atoms with Gasteiger partial charge in [-0.25, -0.2) is 0 Å². The molecule has 0 N–H and O–H groups in total. The summed E-state index contributed by atoms with van der Waals surface area (Å²) >= 11 is 7.34. The summed E-state index contributed by atoms with van der Waals surface area (Å²) < 4.78 is 4.58. The zero-order valence-electron chi connectivity index (χ0n) is 12.7. The predicted molar refractivity (Wildman–Crippen MR) is 88.4 cm³/mol. The SMILES string of the molecule is Cc1ccc(N2CCCC(N(C)Cc3nnsc3Cl)C2)nn1. The molecule has 0 saturated carbocycles. The van der Waals surface area contributed by atoms with E-state index in [1.165, 1.54) is 18.0 Å². The third-order valence-corrected chi connectivity index (χ3v) is 5.02. The van der Waals surface area contributed by atoms with E-state index in [4.69, 9.17) is 11.6 Å². The molecule has 0 bridgehead atoms. The minimum Gasteiger partial charge on any atom is -0.354 e. The van der Waals surface area contributed by atoms with Crippen molar-refractivity contribution in [1.82, 2.24) is 24.7 Å². The highest BCUT2D eigenvalue weighted by atomic mass is 35.5. The van der Waals surface area contributed by atoms with Crippen molar-refractivity contribution in [2.75, 3.05) is 25.0 Å². The summed E-state index contributed by atoms with van der Waals surface area (Å²) in [6.45, 7) is 4.66. The Bertz CT molecular complexity index is 616. The van der Waals surface area contributed by atoms with Gasteiger partial charge in [0.2, 0.25) is 0 Å². The molecule has 0 radical (unpaired) electrons. The van der Waals surface area contributed by atoms with Crippen molar-refractivity contribution >= 4 is 29.0 Å². The Kier molecular flexibility index (Phi) is 4.85. The van der Waals surface area contributed by atoms with Crippen LogP contribution in [0.3, 0.4) is 0 Å². The minimum atomic E-state index is 0.453. The van der Waals surface area contributed by atoms with Crippen molar-refractivity contribution in [2.24, 2.45) is 0 Å². The van der Waals surface area contributed by atoms with E-state index >= 15 is 0 Å². The van der Waals surface area contributed by atoms with E-state index < -0.39 is 0 Å². The van der Waals surface area contributed by atoms with Crippen molar-refractivity contribution in [1.29, 1.82) is 0 Å². The summed E-state index contributed by atoms with van der Waals surface area (Å²) in [5.41, 5.74) is 1.81. The lowest BCUT2D eigenvalue weighted by Gasteiger charge is -2.37. The van der Waals surface area contributed by atoms with E-state index in [1.54, 1.807) is 0 Å². The molecule has 1 aliphatic rings. The van der Waals surface area contributed by atoms with Crippen LogP contribution < -0.4 is 4.90 Å². The number of likely N-dealkylation sites (N-methyl/N-ethyl adjacent to an activating group) is 1. The van der Waals surface area contributed by atoms with E-state index in [9.17, 15) is 0 Å². The van der Waals surface area contributed by atoms with Crippen LogP contribution in [0.5, 0.6) is 0 Å². The molecule has 22 heavy (non-hydrogen) atoms. The maximum absolute atomic E-state index is 6.10. The molecule has 1 saturated heterocycles. The quantitative estimate of drug-likeness (QED) is 0.853. The lowest BCUT2D eigenvalue weighted by atomic mass is 10.0. The molecule has 2 aromatic rings. The van der Waals surface area contributed by atoms with Crippen molar-refractivity contribution in [3.8, 4) is 0 Å². The number of aryl methyl sites for hydroxylation is 1. The van der Waals surface area contributed by atoms with Crippen molar-refractivity contribution < 1.29 is 0 Å². The molecule has 1 fully saturated rings. The van der Waals surface area contributed by atoms with Gasteiger partial charge in [-0.1, -0.05) is 16.1 Å². The van der Waals surface area contributed by atoms with Crippen LogP contribution in [-0.2, 0) is 6.54 Å². The van der Waals surface area contributed by atoms with Gasteiger partial charge in [0.25, 0.3) is 0 Å². The van der Waals surface area contributed by atoms with E-state index in [-0.39, 0.29) is 0 Å². The van der Waals surface area contributed by atoms with Crippen LogP contribution in [-0.4, -0.2) is 50.9 Å². The fraction of sp³-hybridized carbons (Fsp3) is 0.571. The van der Waals surface area contributed by atoms with Crippen LogP contribution >= 0.6 is 23.1 Å². The predicted octanol–water partition coefficient (Wildman–Crippen LogP) is 2.39. The Balaban J connectivity index is 1.65. The lowest BCUT2D eigenvalue weighted by Crippen LogP contribution is -2.46. The molecule has 3 rings (SSSR count). The second-order valence-corrected chi connectivity index (χ2v) is 7.04. The molecule has 0 aromatic carbocycles. The lowest BCUT2D eigenvalue weighted by molar-refractivity contribution is 0.205. The van der Waals surface area contributed by atoms with Gasteiger partial charge in [-0.2, -0.15) is 5.10 Å². The van der Waals surface area contributed by atoms with Gasteiger partial charge in [0.15, 0.2) is 5.82 Å². The Morgan fingerprint density at radius 1 is 1.36 bits per heavy atom. The molecule has 2 aromatic heterocycles. The van der Waals surface area contributed by atoms with Crippen molar-refractivity contribution in [3.63, 3.8) is 0 Å². The summed E-state index contributed by atoms with van der Waals surface area (Å²) in [4.78, 5) is 4.61. The molecule has 0 aliphatic carbocycles. The minimum absolute atomic E-state index is 0.453. The van der Waals surface area contributed by atoms with Crippen LogP contribution in [0.2, 0.25) is 4.34 Å². The molecular weight excluding hydrogens is 320 g/mol.